The molecule has 0 aliphatic carbocycles. The van der Waals surface area contributed by atoms with Crippen LogP contribution < -0.4 is 9.64 Å². The summed E-state index contributed by atoms with van der Waals surface area (Å²) in [7, 11) is 0. The molecule has 1 aliphatic heterocycles. The molecular weight excluding hydrogens is 456 g/mol. The molecule has 0 radical (unpaired) electrons. The third-order valence-electron chi connectivity index (χ3n) is 6.80. The van der Waals surface area contributed by atoms with Crippen LogP contribution >= 0.6 is 0 Å². The Balaban J connectivity index is 1.40. The molecule has 0 bridgehead atoms. The van der Waals surface area contributed by atoms with E-state index in [0.29, 0.717) is 5.95 Å². The average molecular weight is 479 g/mol. The van der Waals surface area contributed by atoms with E-state index in [2.05, 4.69) is 54.1 Å². The van der Waals surface area contributed by atoms with Crippen molar-refractivity contribution in [3.63, 3.8) is 0 Å². The molecule has 0 unspecified atom stereocenters. The first-order valence-corrected chi connectivity index (χ1v) is 12.1. The molecule has 0 N–H and O–H groups in total. The summed E-state index contributed by atoms with van der Waals surface area (Å²) in [4.78, 5) is 11.7. The number of nitrogens with zero attached hydrogens (tertiary/aromatic N) is 4. The van der Waals surface area contributed by atoms with Crippen molar-refractivity contribution in [2.45, 2.75) is 0 Å². The van der Waals surface area contributed by atoms with Gasteiger partial charge in [-0.25, -0.2) is 9.97 Å². The Morgan fingerprint density at radius 2 is 1.16 bits per heavy atom. The summed E-state index contributed by atoms with van der Waals surface area (Å²) in [6.07, 6.45) is 7.50. The van der Waals surface area contributed by atoms with Gasteiger partial charge in [-0.2, -0.15) is 0 Å². The highest BCUT2D eigenvalue weighted by atomic mass is 16.5. The van der Waals surface area contributed by atoms with Crippen LogP contribution in [0.2, 0.25) is 0 Å². The summed E-state index contributed by atoms with van der Waals surface area (Å²) in [5.74, 6) is 2.12. The lowest BCUT2D eigenvalue weighted by molar-refractivity contribution is 0.476. The van der Waals surface area contributed by atoms with E-state index < -0.39 is 0 Å². The molecule has 176 valence electrons. The number of para-hydroxylation sites is 4. The van der Waals surface area contributed by atoms with Gasteiger partial charge in [0, 0.05) is 10.8 Å². The minimum Gasteiger partial charge on any atom is -0.453 e. The summed E-state index contributed by atoms with van der Waals surface area (Å²) in [6, 6.07) is 28.6. The summed E-state index contributed by atoms with van der Waals surface area (Å²) in [5.41, 5.74) is 7.01. The third kappa shape index (κ3) is 3.25. The van der Waals surface area contributed by atoms with E-state index in [1.807, 2.05) is 78.0 Å². The van der Waals surface area contributed by atoms with Crippen molar-refractivity contribution in [1.29, 1.82) is 0 Å². The summed E-state index contributed by atoms with van der Waals surface area (Å²) in [6.45, 7) is 7.89. The van der Waals surface area contributed by atoms with Gasteiger partial charge in [0.05, 0.1) is 40.5 Å². The molecule has 0 amide bonds. The van der Waals surface area contributed by atoms with Crippen molar-refractivity contribution in [1.82, 2.24) is 14.5 Å². The van der Waals surface area contributed by atoms with Crippen LogP contribution in [0.25, 0.3) is 39.6 Å². The minimum absolute atomic E-state index is 0.579. The van der Waals surface area contributed by atoms with Crippen molar-refractivity contribution in [2.24, 2.45) is 0 Å². The van der Waals surface area contributed by atoms with Gasteiger partial charge < -0.3 is 9.30 Å². The largest absolute Gasteiger partial charge is 0.453 e. The van der Waals surface area contributed by atoms with Gasteiger partial charge in [-0.05, 0) is 59.7 Å². The Morgan fingerprint density at radius 3 is 1.68 bits per heavy atom. The lowest BCUT2D eigenvalue weighted by atomic mass is 10.1. The van der Waals surface area contributed by atoms with Crippen LogP contribution in [0.1, 0.15) is 11.1 Å². The van der Waals surface area contributed by atoms with E-state index in [0.717, 1.165) is 61.5 Å². The Morgan fingerprint density at radius 1 is 0.649 bits per heavy atom. The normalized spacial score (nSPS) is 12.2. The number of ether oxygens (including phenoxy) is 1. The predicted octanol–water partition coefficient (Wildman–Crippen LogP) is 8.44. The van der Waals surface area contributed by atoms with Crippen LogP contribution in [0, 0.1) is 0 Å². The fourth-order valence-electron chi connectivity index (χ4n) is 5.06. The average Bonchev–Trinajstić information content (AvgIpc) is 3.28. The molecule has 4 aromatic carbocycles. The minimum atomic E-state index is 0.579. The Hall–Kier alpha value is -5.16. The van der Waals surface area contributed by atoms with Gasteiger partial charge in [0.15, 0.2) is 11.5 Å². The van der Waals surface area contributed by atoms with Crippen LogP contribution in [0.15, 0.2) is 110 Å². The Labute approximate surface area is 214 Å². The molecule has 0 saturated heterocycles. The number of anilines is 3. The van der Waals surface area contributed by atoms with Gasteiger partial charge in [0.2, 0.25) is 5.95 Å². The van der Waals surface area contributed by atoms with Gasteiger partial charge in [0.25, 0.3) is 0 Å². The molecule has 3 heterocycles. The zero-order valence-corrected chi connectivity index (χ0v) is 20.0. The molecule has 0 fully saturated rings. The van der Waals surface area contributed by atoms with Gasteiger partial charge in [-0.3, -0.25) is 4.90 Å². The fourth-order valence-corrected chi connectivity index (χ4v) is 5.06. The maximum Gasteiger partial charge on any atom is 0.234 e. The second-order valence-corrected chi connectivity index (χ2v) is 8.91. The number of aromatic nitrogens is 3. The number of hydrogen-bond acceptors (Lipinski definition) is 4. The number of hydrogen-bond donors (Lipinski definition) is 0. The van der Waals surface area contributed by atoms with Gasteiger partial charge in [0.1, 0.15) is 0 Å². The lowest BCUT2D eigenvalue weighted by Crippen LogP contribution is -2.18. The third-order valence-corrected chi connectivity index (χ3v) is 6.80. The van der Waals surface area contributed by atoms with Crippen molar-refractivity contribution in [3.8, 4) is 17.2 Å². The van der Waals surface area contributed by atoms with Crippen LogP contribution in [0.4, 0.5) is 17.3 Å². The second-order valence-electron chi connectivity index (χ2n) is 8.91. The second kappa shape index (κ2) is 8.21. The predicted molar refractivity (Wildman–Crippen MR) is 151 cm³/mol. The first-order chi connectivity index (χ1) is 18.2. The van der Waals surface area contributed by atoms with Gasteiger partial charge >= 0.3 is 0 Å². The van der Waals surface area contributed by atoms with E-state index in [9.17, 15) is 0 Å². The highest BCUT2D eigenvalue weighted by molar-refractivity contribution is 6.10. The van der Waals surface area contributed by atoms with E-state index in [-0.39, 0.29) is 0 Å². The van der Waals surface area contributed by atoms with Crippen LogP contribution in [0.3, 0.4) is 0 Å². The van der Waals surface area contributed by atoms with Crippen molar-refractivity contribution >= 4 is 51.3 Å². The fraction of sp³-hybridized carbons (Fsp3) is 0. The summed E-state index contributed by atoms with van der Waals surface area (Å²) in [5, 5.41) is 2.30. The zero-order valence-electron chi connectivity index (χ0n) is 20.0. The standard InChI is InChI=1S/C32H22N4O/c1-3-21-13-15-26-24(17-21)25-18-22(4-2)14-16-27(25)35(26)23-19-33-32(34-20-23)36-28-9-5-7-11-30(28)37-31-12-8-6-10-29(31)36/h3-20H,1-2H2. The number of fused-ring (bicyclic) bond motifs is 5. The lowest BCUT2D eigenvalue weighted by Gasteiger charge is -2.30. The molecule has 5 nitrogen and oxygen atoms in total. The monoisotopic (exact) mass is 478 g/mol. The quantitative estimate of drug-likeness (QED) is 0.255. The Bertz CT molecular complexity index is 1740. The maximum absolute atomic E-state index is 6.13. The van der Waals surface area contributed by atoms with Crippen LogP contribution in [0.5, 0.6) is 11.5 Å². The van der Waals surface area contributed by atoms with Crippen molar-refractivity contribution in [3.05, 3.63) is 122 Å². The highest BCUT2D eigenvalue weighted by Gasteiger charge is 2.27. The van der Waals surface area contributed by atoms with E-state index in [4.69, 9.17) is 14.7 Å². The van der Waals surface area contributed by atoms with E-state index in [1.165, 1.54) is 0 Å². The van der Waals surface area contributed by atoms with Crippen molar-refractivity contribution in [2.75, 3.05) is 4.90 Å². The molecule has 37 heavy (non-hydrogen) atoms. The van der Waals surface area contributed by atoms with Gasteiger partial charge in [-0.15, -0.1) is 0 Å². The molecule has 0 atom stereocenters. The first kappa shape index (κ1) is 21.1. The maximum atomic E-state index is 6.13. The molecule has 1 aliphatic rings. The molecule has 2 aromatic heterocycles. The molecule has 5 heteroatoms. The van der Waals surface area contributed by atoms with E-state index in [1.54, 1.807) is 0 Å². The number of benzene rings is 4. The summed E-state index contributed by atoms with van der Waals surface area (Å²) >= 11 is 0. The Kier molecular flexibility index (Phi) is 4.69. The molecular formula is C32H22N4O. The smallest absolute Gasteiger partial charge is 0.234 e. The SMILES string of the molecule is C=Cc1ccc2c(c1)c1cc(C=C)ccc1n2-c1cnc(N2c3ccccc3Oc3ccccc32)nc1. The topological polar surface area (TPSA) is 43.2 Å². The number of rotatable bonds is 4. The highest BCUT2D eigenvalue weighted by Crippen LogP contribution is 2.49. The molecule has 7 rings (SSSR count). The zero-order chi connectivity index (χ0) is 24.9. The molecule has 0 spiro atoms. The molecule has 0 saturated carbocycles. The van der Waals surface area contributed by atoms with Gasteiger partial charge in [-0.1, -0.05) is 61.7 Å². The first-order valence-electron chi connectivity index (χ1n) is 12.1. The van der Waals surface area contributed by atoms with Crippen molar-refractivity contribution < 1.29 is 4.74 Å². The van der Waals surface area contributed by atoms with E-state index >= 15 is 0 Å². The van der Waals surface area contributed by atoms with Crippen LogP contribution in [-0.2, 0) is 0 Å². The molecule has 6 aromatic rings. The summed E-state index contributed by atoms with van der Waals surface area (Å²) < 4.78 is 8.33. The van der Waals surface area contributed by atoms with Crippen LogP contribution in [-0.4, -0.2) is 14.5 Å².